The van der Waals surface area contributed by atoms with Gasteiger partial charge in [0.1, 0.15) is 11.4 Å². The normalized spacial score (nSPS) is 20.9. The van der Waals surface area contributed by atoms with Crippen molar-refractivity contribution in [1.82, 2.24) is 10.6 Å². The summed E-state index contributed by atoms with van der Waals surface area (Å²) in [5, 5.41) is 17.1. The maximum absolute atomic E-state index is 13.5. The number of benzene rings is 1. The van der Waals surface area contributed by atoms with E-state index in [9.17, 15) is 19.3 Å². The lowest BCUT2D eigenvalue weighted by atomic mass is 9.99. The minimum atomic E-state index is -0.651. The number of piperidine rings is 1. The Kier molecular flexibility index (Phi) is 6.25. The molecule has 1 saturated heterocycles. The van der Waals surface area contributed by atoms with Crippen LogP contribution in [0.15, 0.2) is 12.1 Å². The summed E-state index contributed by atoms with van der Waals surface area (Å²) < 4.78 is 13.5. The molecule has 1 fully saturated rings. The molecule has 1 heterocycles. The van der Waals surface area contributed by atoms with E-state index in [-0.39, 0.29) is 41.3 Å². The fourth-order valence-electron chi connectivity index (χ4n) is 2.68. The lowest BCUT2D eigenvalue weighted by Crippen LogP contribution is -2.46. The first kappa shape index (κ1) is 18.3. The van der Waals surface area contributed by atoms with Crippen LogP contribution in [0.5, 0.6) is 0 Å². The zero-order valence-electron chi connectivity index (χ0n) is 12.4. The van der Waals surface area contributed by atoms with E-state index in [1.54, 1.807) is 0 Å². The van der Waals surface area contributed by atoms with E-state index in [4.69, 9.17) is 0 Å². The van der Waals surface area contributed by atoms with Crippen molar-refractivity contribution < 1.29 is 14.1 Å². The van der Waals surface area contributed by atoms with Gasteiger partial charge in [-0.25, -0.2) is 4.39 Å². The lowest BCUT2D eigenvalue weighted by molar-refractivity contribution is -0.385. The number of hydrogen-bond donors (Lipinski definition) is 2. The molecule has 0 radical (unpaired) electrons. The van der Waals surface area contributed by atoms with Gasteiger partial charge in [0.25, 0.3) is 11.6 Å². The molecule has 0 bridgehead atoms. The Morgan fingerprint density at radius 1 is 1.50 bits per heavy atom. The van der Waals surface area contributed by atoms with Gasteiger partial charge in [0.05, 0.1) is 4.92 Å². The number of rotatable bonds is 3. The van der Waals surface area contributed by atoms with E-state index in [1.165, 1.54) is 6.92 Å². The Labute approximate surface area is 134 Å². The lowest BCUT2D eigenvalue weighted by Gasteiger charge is -2.28. The number of nitrogens with zero attached hydrogens (tertiary/aromatic N) is 1. The predicted molar refractivity (Wildman–Crippen MR) is 83.0 cm³/mol. The van der Waals surface area contributed by atoms with E-state index in [1.807, 2.05) is 6.92 Å². The third-order valence-corrected chi connectivity index (χ3v) is 3.65. The van der Waals surface area contributed by atoms with Crippen molar-refractivity contribution in [3.8, 4) is 0 Å². The van der Waals surface area contributed by atoms with Crippen molar-refractivity contribution in [2.24, 2.45) is 0 Å². The van der Waals surface area contributed by atoms with Crippen molar-refractivity contribution in [1.29, 1.82) is 0 Å². The number of halogens is 2. The van der Waals surface area contributed by atoms with Crippen molar-refractivity contribution in [2.75, 3.05) is 6.54 Å². The van der Waals surface area contributed by atoms with E-state index in [0.29, 0.717) is 0 Å². The van der Waals surface area contributed by atoms with E-state index in [0.717, 1.165) is 31.5 Å². The molecular weight excluding hydrogens is 313 g/mol. The van der Waals surface area contributed by atoms with Crippen molar-refractivity contribution in [3.05, 3.63) is 39.2 Å². The maximum atomic E-state index is 13.5. The Balaban J connectivity index is 0.00000242. The molecule has 2 unspecified atom stereocenters. The Morgan fingerprint density at radius 3 is 2.77 bits per heavy atom. The zero-order valence-corrected chi connectivity index (χ0v) is 13.2. The number of carbonyl (C=O) groups is 1. The van der Waals surface area contributed by atoms with Crippen LogP contribution in [0, 0.1) is 22.9 Å². The monoisotopic (exact) mass is 331 g/mol. The molecule has 2 atom stereocenters. The second kappa shape index (κ2) is 7.51. The largest absolute Gasteiger partial charge is 0.349 e. The molecule has 22 heavy (non-hydrogen) atoms. The van der Waals surface area contributed by atoms with Gasteiger partial charge in [0.2, 0.25) is 0 Å². The standard InChI is InChI=1S/C14H18FN3O3.ClH/c1-8-5-10(15)7-12(13(8)18(20)21)14(19)17-11-3-4-16-9(2)6-11;/h5,7,9,11,16H,3-4,6H2,1-2H3,(H,17,19);1H. The molecule has 1 aromatic rings. The van der Waals surface area contributed by atoms with Crippen LogP contribution in [-0.4, -0.2) is 29.5 Å². The van der Waals surface area contributed by atoms with Gasteiger partial charge in [-0.2, -0.15) is 0 Å². The van der Waals surface area contributed by atoms with E-state index in [2.05, 4.69) is 10.6 Å². The molecule has 0 saturated carbocycles. The molecular formula is C14H19ClFN3O3. The summed E-state index contributed by atoms with van der Waals surface area (Å²) in [6.07, 6.45) is 1.49. The average Bonchev–Trinajstić information content (AvgIpc) is 2.37. The van der Waals surface area contributed by atoms with Gasteiger partial charge in [-0.3, -0.25) is 14.9 Å². The van der Waals surface area contributed by atoms with Gasteiger partial charge in [-0.15, -0.1) is 12.4 Å². The Bertz CT molecular complexity index is 583. The molecule has 0 aromatic heterocycles. The van der Waals surface area contributed by atoms with Gasteiger partial charge in [-0.1, -0.05) is 0 Å². The SMILES string of the molecule is Cc1cc(F)cc(C(=O)NC2CCNC(C)C2)c1[N+](=O)[O-].Cl. The Hall–Kier alpha value is -1.73. The van der Waals surface area contributed by atoms with Crippen LogP contribution < -0.4 is 10.6 Å². The second-order valence-electron chi connectivity index (χ2n) is 5.43. The zero-order chi connectivity index (χ0) is 15.6. The van der Waals surface area contributed by atoms with Gasteiger partial charge in [0, 0.05) is 17.6 Å². The van der Waals surface area contributed by atoms with Crippen molar-refractivity contribution in [3.63, 3.8) is 0 Å². The summed E-state index contributed by atoms with van der Waals surface area (Å²) in [7, 11) is 0. The van der Waals surface area contributed by atoms with Crippen LogP contribution in [0.25, 0.3) is 0 Å². The van der Waals surface area contributed by atoms with Crippen molar-refractivity contribution >= 4 is 24.0 Å². The van der Waals surface area contributed by atoms with Gasteiger partial charge >= 0.3 is 0 Å². The van der Waals surface area contributed by atoms with Gasteiger partial charge in [0.15, 0.2) is 0 Å². The number of amides is 1. The van der Waals surface area contributed by atoms with Gasteiger partial charge in [-0.05, 0) is 45.4 Å². The Morgan fingerprint density at radius 2 is 2.18 bits per heavy atom. The summed E-state index contributed by atoms with van der Waals surface area (Å²) in [6.45, 7) is 4.20. The molecule has 1 aromatic carbocycles. The van der Waals surface area contributed by atoms with Crippen LogP contribution in [0.4, 0.5) is 10.1 Å². The van der Waals surface area contributed by atoms with Crippen LogP contribution in [0.1, 0.15) is 35.7 Å². The van der Waals surface area contributed by atoms with Crippen LogP contribution >= 0.6 is 12.4 Å². The average molecular weight is 332 g/mol. The van der Waals surface area contributed by atoms with Crippen LogP contribution in [0.3, 0.4) is 0 Å². The number of nitro groups is 1. The smallest absolute Gasteiger partial charge is 0.285 e. The molecule has 2 N–H and O–H groups in total. The predicted octanol–water partition coefficient (Wildman–Crippen LogP) is 2.33. The minimum absolute atomic E-state index is 0. The molecule has 2 rings (SSSR count). The quantitative estimate of drug-likeness (QED) is 0.657. The highest BCUT2D eigenvalue weighted by molar-refractivity contribution is 5.98. The minimum Gasteiger partial charge on any atom is -0.349 e. The fraction of sp³-hybridized carbons (Fsp3) is 0.500. The summed E-state index contributed by atoms with van der Waals surface area (Å²) in [4.78, 5) is 22.7. The molecule has 6 nitrogen and oxygen atoms in total. The van der Waals surface area contributed by atoms with E-state index >= 15 is 0 Å². The molecule has 122 valence electrons. The number of hydrogen-bond acceptors (Lipinski definition) is 4. The molecule has 0 aliphatic carbocycles. The third kappa shape index (κ3) is 4.14. The second-order valence-corrected chi connectivity index (χ2v) is 5.43. The highest BCUT2D eigenvalue weighted by atomic mass is 35.5. The first-order chi connectivity index (χ1) is 9.88. The first-order valence-corrected chi connectivity index (χ1v) is 6.87. The topological polar surface area (TPSA) is 84.3 Å². The molecule has 8 heteroatoms. The molecule has 1 amide bonds. The number of nitro benzene ring substituents is 1. The number of nitrogens with one attached hydrogen (secondary N) is 2. The summed E-state index contributed by atoms with van der Waals surface area (Å²) in [5.74, 6) is -1.25. The van der Waals surface area contributed by atoms with E-state index < -0.39 is 16.6 Å². The van der Waals surface area contributed by atoms with Crippen molar-refractivity contribution in [2.45, 2.75) is 38.8 Å². The summed E-state index contributed by atoms with van der Waals surface area (Å²) >= 11 is 0. The summed E-state index contributed by atoms with van der Waals surface area (Å²) in [6, 6.07) is 2.19. The highest BCUT2D eigenvalue weighted by Crippen LogP contribution is 2.25. The maximum Gasteiger partial charge on any atom is 0.285 e. The van der Waals surface area contributed by atoms with Crippen LogP contribution in [-0.2, 0) is 0 Å². The number of aryl methyl sites for hydroxylation is 1. The molecule has 1 aliphatic heterocycles. The third-order valence-electron chi connectivity index (χ3n) is 3.65. The van der Waals surface area contributed by atoms with Gasteiger partial charge < -0.3 is 10.6 Å². The molecule has 0 spiro atoms. The first-order valence-electron chi connectivity index (χ1n) is 6.87. The molecule has 1 aliphatic rings. The highest BCUT2D eigenvalue weighted by Gasteiger charge is 2.27. The summed E-state index contributed by atoms with van der Waals surface area (Å²) in [5.41, 5.74) is -0.414. The van der Waals surface area contributed by atoms with Crippen LogP contribution in [0.2, 0.25) is 0 Å². The number of carbonyl (C=O) groups excluding carboxylic acids is 1. The fourth-order valence-corrected chi connectivity index (χ4v) is 2.68.